The zero-order valence-corrected chi connectivity index (χ0v) is 14.4. The van der Waals surface area contributed by atoms with Crippen molar-refractivity contribution in [3.05, 3.63) is 29.6 Å². The molecule has 1 amide bonds. The molecule has 1 aromatic heterocycles. The summed E-state index contributed by atoms with van der Waals surface area (Å²) in [5.74, 6) is -0.135. The number of hydrogen-bond donors (Lipinski definition) is 2. The molecule has 0 aliphatic heterocycles. The number of hydrogen-bond acceptors (Lipinski definition) is 3. The minimum absolute atomic E-state index is 0.0292. The monoisotopic (exact) mass is 338 g/mol. The highest BCUT2D eigenvalue weighted by atomic mass is 19.3. The summed E-state index contributed by atoms with van der Waals surface area (Å²) in [7, 11) is 3.92. The number of nitrogens with zero attached hydrogens (tertiary/aromatic N) is 2. The number of carbonyl (C=O) groups excluding carboxylic acids is 1. The summed E-state index contributed by atoms with van der Waals surface area (Å²) in [4.78, 5) is 20.9. The van der Waals surface area contributed by atoms with E-state index in [0.29, 0.717) is 22.5 Å². The van der Waals surface area contributed by atoms with E-state index in [0.717, 1.165) is 13.0 Å². The summed E-state index contributed by atoms with van der Waals surface area (Å²) in [6.45, 7) is 4.96. The number of halogens is 2. The third kappa shape index (κ3) is 4.74. The van der Waals surface area contributed by atoms with Crippen molar-refractivity contribution < 1.29 is 13.6 Å². The van der Waals surface area contributed by atoms with Crippen LogP contribution in [0.25, 0.3) is 11.0 Å². The Morgan fingerprint density at radius 3 is 2.62 bits per heavy atom. The van der Waals surface area contributed by atoms with E-state index in [1.807, 2.05) is 19.0 Å². The molecule has 0 saturated carbocycles. The van der Waals surface area contributed by atoms with Crippen LogP contribution in [0.4, 0.5) is 8.78 Å². The fraction of sp³-hybridized carbons (Fsp3) is 0.529. The van der Waals surface area contributed by atoms with Crippen LogP contribution in [0.2, 0.25) is 0 Å². The minimum Gasteiger partial charge on any atom is -0.348 e. The summed E-state index contributed by atoms with van der Waals surface area (Å²) in [6.07, 6.45) is -1.80. The van der Waals surface area contributed by atoms with Gasteiger partial charge in [0.2, 0.25) is 0 Å². The molecule has 0 fully saturated rings. The Morgan fingerprint density at radius 2 is 2.04 bits per heavy atom. The molecule has 1 aromatic carbocycles. The molecule has 2 rings (SSSR count). The van der Waals surface area contributed by atoms with Gasteiger partial charge in [0.15, 0.2) is 5.82 Å². The number of rotatable bonds is 7. The highest BCUT2D eigenvalue weighted by molar-refractivity contribution is 5.97. The predicted molar refractivity (Wildman–Crippen MR) is 90.3 cm³/mol. The van der Waals surface area contributed by atoms with E-state index in [1.54, 1.807) is 18.2 Å². The molecule has 1 heterocycles. The third-order valence-corrected chi connectivity index (χ3v) is 3.65. The van der Waals surface area contributed by atoms with Gasteiger partial charge in [0.05, 0.1) is 11.0 Å². The molecular weight excluding hydrogens is 314 g/mol. The largest absolute Gasteiger partial charge is 0.348 e. The SMILES string of the molecule is CC(C)CC(CN(C)C)NC(=O)c1ccc2nc(C(F)F)[nH]c2c1. The van der Waals surface area contributed by atoms with Crippen LogP contribution in [0.5, 0.6) is 0 Å². The number of carbonyl (C=O) groups is 1. The summed E-state index contributed by atoms with van der Waals surface area (Å²) < 4.78 is 25.4. The van der Waals surface area contributed by atoms with Gasteiger partial charge in [-0.1, -0.05) is 13.8 Å². The standard InChI is InChI=1S/C17H24F2N4O/c1-10(2)7-12(9-23(3)4)20-17(24)11-5-6-13-14(8-11)22-16(21-13)15(18)19/h5-6,8,10,12,15H,7,9H2,1-4H3,(H,20,24)(H,21,22). The number of H-pyrrole nitrogens is 1. The summed E-state index contributed by atoms with van der Waals surface area (Å²) >= 11 is 0. The molecule has 0 aliphatic carbocycles. The van der Waals surface area contributed by atoms with Crippen LogP contribution in [0.1, 0.15) is 42.9 Å². The molecule has 132 valence electrons. The summed E-state index contributed by atoms with van der Waals surface area (Å²) in [5, 5.41) is 3.03. The van der Waals surface area contributed by atoms with Crippen LogP contribution < -0.4 is 5.32 Å². The average molecular weight is 338 g/mol. The van der Waals surface area contributed by atoms with Gasteiger partial charge in [-0.15, -0.1) is 0 Å². The van der Waals surface area contributed by atoms with E-state index in [4.69, 9.17) is 0 Å². The number of alkyl halides is 2. The fourth-order valence-electron chi connectivity index (χ4n) is 2.73. The van der Waals surface area contributed by atoms with Gasteiger partial charge >= 0.3 is 0 Å². The summed E-state index contributed by atoms with van der Waals surface area (Å²) in [5.41, 5.74) is 1.29. The minimum atomic E-state index is -2.66. The van der Waals surface area contributed by atoms with Crippen molar-refractivity contribution in [2.45, 2.75) is 32.7 Å². The first kappa shape index (κ1) is 18.3. The van der Waals surface area contributed by atoms with Crippen LogP contribution in [0.15, 0.2) is 18.2 Å². The van der Waals surface area contributed by atoms with Crippen LogP contribution in [-0.4, -0.2) is 47.5 Å². The second-order valence-corrected chi connectivity index (χ2v) is 6.72. The molecule has 0 radical (unpaired) electrons. The van der Waals surface area contributed by atoms with Crippen molar-refractivity contribution in [3.8, 4) is 0 Å². The van der Waals surface area contributed by atoms with E-state index in [2.05, 4.69) is 29.1 Å². The number of nitrogens with one attached hydrogen (secondary N) is 2. The van der Waals surface area contributed by atoms with Crippen molar-refractivity contribution in [1.82, 2.24) is 20.2 Å². The van der Waals surface area contributed by atoms with E-state index in [1.165, 1.54) is 0 Å². The molecule has 0 saturated heterocycles. The quantitative estimate of drug-likeness (QED) is 0.815. The number of aromatic nitrogens is 2. The van der Waals surface area contributed by atoms with Gasteiger partial charge in [-0.05, 0) is 44.6 Å². The third-order valence-electron chi connectivity index (χ3n) is 3.65. The van der Waals surface area contributed by atoms with E-state index < -0.39 is 6.43 Å². The van der Waals surface area contributed by atoms with Crippen LogP contribution in [0.3, 0.4) is 0 Å². The average Bonchev–Trinajstić information content (AvgIpc) is 2.88. The lowest BCUT2D eigenvalue weighted by Gasteiger charge is -2.24. The lowest BCUT2D eigenvalue weighted by Crippen LogP contribution is -2.42. The maximum absolute atomic E-state index is 12.7. The van der Waals surface area contributed by atoms with Crippen molar-refractivity contribution in [1.29, 1.82) is 0 Å². The molecule has 7 heteroatoms. The Hall–Kier alpha value is -2.02. The first-order chi connectivity index (χ1) is 11.3. The maximum Gasteiger partial charge on any atom is 0.295 e. The molecular formula is C17H24F2N4O. The molecule has 2 N–H and O–H groups in total. The van der Waals surface area contributed by atoms with Gasteiger partial charge in [-0.3, -0.25) is 4.79 Å². The first-order valence-electron chi connectivity index (χ1n) is 7.99. The van der Waals surface area contributed by atoms with E-state index in [9.17, 15) is 13.6 Å². The normalized spacial score (nSPS) is 13.2. The number of amides is 1. The summed E-state index contributed by atoms with van der Waals surface area (Å²) in [6, 6.07) is 4.78. The Kier molecular flexibility index (Phi) is 5.88. The van der Waals surface area contributed by atoms with Crippen molar-refractivity contribution in [2.24, 2.45) is 5.92 Å². The molecule has 0 bridgehead atoms. The first-order valence-corrected chi connectivity index (χ1v) is 7.99. The van der Waals surface area contributed by atoms with Crippen LogP contribution in [-0.2, 0) is 0 Å². The molecule has 1 unspecified atom stereocenters. The lowest BCUT2D eigenvalue weighted by molar-refractivity contribution is 0.0924. The number of benzene rings is 1. The zero-order chi connectivity index (χ0) is 17.9. The molecule has 24 heavy (non-hydrogen) atoms. The van der Waals surface area contributed by atoms with Gasteiger partial charge in [0, 0.05) is 18.2 Å². The second kappa shape index (κ2) is 7.70. The van der Waals surface area contributed by atoms with Crippen LogP contribution >= 0.6 is 0 Å². The lowest BCUT2D eigenvalue weighted by atomic mass is 10.0. The zero-order valence-electron chi connectivity index (χ0n) is 14.4. The molecule has 5 nitrogen and oxygen atoms in total. The van der Waals surface area contributed by atoms with Gasteiger partial charge in [-0.25, -0.2) is 13.8 Å². The Bertz CT molecular complexity index is 687. The Balaban J connectivity index is 2.16. The van der Waals surface area contributed by atoms with E-state index >= 15 is 0 Å². The van der Waals surface area contributed by atoms with Crippen molar-refractivity contribution in [3.63, 3.8) is 0 Å². The number of aromatic amines is 1. The Morgan fingerprint density at radius 1 is 1.33 bits per heavy atom. The van der Waals surface area contributed by atoms with Gasteiger partial charge in [0.25, 0.3) is 12.3 Å². The van der Waals surface area contributed by atoms with Gasteiger partial charge in [-0.2, -0.15) is 0 Å². The Labute approximate surface area is 140 Å². The molecule has 2 aromatic rings. The second-order valence-electron chi connectivity index (χ2n) is 6.72. The number of fused-ring (bicyclic) bond motifs is 1. The number of likely N-dealkylation sites (N-methyl/N-ethyl adjacent to an activating group) is 1. The smallest absolute Gasteiger partial charge is 0.295 e. The maximum atomic E-state index is 12.7. The molecule has 0 aliphatic rings. The topological polar surface area (TPSA) is 61.0 Å². The van der Waals surface area contributed by atoms with Gasteiger partial charge in [0.1, 0.15) is 0 Å². The fourth-order valence-corrected chi connectivity index (χ4v) is 2.73. The van der Waals surface area contributed by atoms with Gasteiger partial charge < -0.3 is 15.2 Å². The predicted octanol–water partition coefficient (Wildman–Crippen LogP) is 3.21. The van der Waals surface area contributed by atoms with E-state index in [-0.39, 0.29) is 17.8 Å². The molecule has 0 spiro atoms. The van der Waals surface area contributed by atoms with Crippen molar-refractivity contribution in [2.75, 3.05) is 20.6 Å². The molecule has 1 atom stereocenters. The van der Waals surface area contributed by atoms with Crippen LogP contribution in [0, 0.1) is 5.92 Å². The van der Waals surface area contributed by atoms with Crippen molar-refractivity contribution >= 4 is 16.9 Å². The highest BCUT2D eigenvalue weighted by Gasteiger charge is 2.18. The highest BCUT2D eigenvalue weighted by Crippen LogP contribution is 2.20. The number of imidazole rings is 1.